The Balaban J connectivity index is 1.82. The second-order valence-corrected chi connectivity index (χ2v) is 6.93. The van der Waals surface area contributed by atoms with Crippen molar-refractivity contribution in [2.24, 2.45) is 5.92 Å². The van der Waals surface area contributed by atoms with Gasteiger partial charge in [-0.1, -0.05) is 55.8 Å². The van der Waals surface area contributed by atoms with Crippen molar-refractivity contribution in [3.8, 4) is 0 Å². The lowest BCUT2D eigenvalue weighted by Crippen LogP contribution is -2.52. The van der Waals surface area contributed by atoms with Crippen molar-refractivity contribution in [3.05, 3.63) is 70.2 Å². The van der Waals surface area contributed by atoms with Crippen LogP contribution in [0.3, 0.4) is 0 Å². The maximum Gasteiger partial charge on any atom is 0.262 e. The second-order valence-electron chi connectivity index (χ2n) is 6.52. The van der Waals surface area contributed by atoms with Gasteiger partial charge in [-0.3, -0.25) is 19.3 Å². The first-order valence-electron chi connectivity index (χ1n) is 8.40. The van der Waals surface area contributed by atoms with Crippen molar-refractivity contribution in [1.82, 2.24) is 10.2 Å². The van der Waals surface area contributed by atoms with Gasteiger partial charge in [0.05, 0.1) is 11.1 Å². The molecule has 0 saturated carbocycles. The molecule has 1 heterocycles. The Morgan fingerprint density at radius 2 is 1.54 bits per heavy atom. The SMILES string of the molecule is CC(C)C(C(=O)NCc1ccccc1Cl)N1C(=O)c2ccccc2C1=O. The predicted octanol–water partition coefficient (Wildman–Crippen LogP) is 3.28. The lowest BCUT2D eigenvalue weighted by atomic mass is 10.0. The van der Waals surface area contributed by atoms with Gasteiger partial charge in [0.2, 0.25) is 5.91 Å². The molecule has 0 saturated heterocycles. The number of rotatable bonds is 5. The third-order valence-electron chi connectivity index (χ3n) is 4.41. The summed E-state index contributed by atoms with van der Waals surface area (Å²) >= 11 is 6.11. The zero-order valence-electron chi connectivity index (χ0n) is 14.5. The molecule has 0 radical (unpaired) electrons. The van der Waals surface area contributed by atoms with E-state index in [9.17, 15) is 14.4 Å². The molecule has 1 unspecified atom stereocenters. The molecular weight excluding hydrogens is 352 g/mol. The summed E-state index contributed by atoms with van der Waals surface area (Å²) in [6.45, 7) is 3.84. The number of imide groups is 1. The highest BCUT2D eigenvalue weighted by Crippen LogP contribution is 2.27. The van der Waals surface area contributed by atoms with Gasteiger partial charge in [0.1, 0.15) is 6.04 Å². The molecule has 3 rings (SSSR count). The summed E-state index contributed by atoms with van der Waals surface area (Å²) in [5.41, 5.74) is 1.44. The number of benzene rings is 2. The van der Waals surface area contributed by atoms with Crippen LogP contribution in [0, 0.1) is 5.92 Å². The quantitative estimate of drug-likeness (QED) is 0.821. The topological polar surface area (TPSA) is 66.5 Å². The molecule has 5 nitrogen and oxygen atoms in total. The number of nitrogens with one attached hydrogen (secondary N) is 1. The minimum absolute atomic E-state index is 0.227. The molecule has 1 aliphatic rings. The van der Waals surface area contributed by atoms with E-state index in [2.05, 4.69) is 5.32 Å². The van der Waals surface area contributed by atoms with Crippen molar-refractivity contribution in [2.75, 3.05) is 0 Å². The molecule has 0 bridgehead atoms. The summed E-state index contributed by atoms with van der Waals surface area (Å²) in [6.07, 6.45) is 0. The molecule has 1 N–H and O–H groups in total. The molecule has 0 spiro atoms. The highest BCUT2D eigenvalue weighted by Gasteiger charge is 2.43. The fraction of sp³-hybridized carbons (Fsp3) is 0.250. The number of carbonyl (C=O) groups is 3. The van der Waals surface area contributed by atoms with E-state index < -0.39 is 17.9 Å². The maximum absolute atomic E-state index is 12.8. The minimum Gasteiger partial charge on any atom is -0.350 e. The third kappa shape index (κ3) is 3.22. The van der Waals surface area contributed by atoms with E-state index in [1.165, 1.54) is 0 Å². The fourth-order valence-corrected chi connectivity index (χ4v) is 3.31. The smallest absolute Gasteiger partial charge is 0.262 e. The molecule has 26 heavy (non-hydrogen) atoms. The highest BCUT2D eigenvalue weighted by molar-refractivity contribution is 6.31. The lowest BCUT2D eigenvalue weighted by molar-refractivity contribution is -0.126. The summed E-state index contributed by atoms with van der Waals surface area (Å²) in [5.74, 6) is -1.48. The van der Waals surface area contributed by atoms with Crippen LogP contribution < -0.4 is 5.32 Å². The monoisotopic (exact) mass is 370 g/mol. The van der Waals surface area contributed by atoms with Crippen LogP contribution in [0.25, 0.3) is 0 Å². The van der Waals surface area contributed by atoms with Crippen molar-refractivity contribution >= 4 is 29.3 Å². The Labute approximate surface area is 156 Å². The van der Waals surface area contributed by atoms with Crippen LogP contribution in [-0.2, 0) is 11.3 Å². The van der Waals surface area contributed by atoms with Gasteiger partial charge in [-0.05, 0) is 29.7 Å². The number of hydrogen-bond donors (Lipinski definition) is 1. The normalized spacial score (nSPS) is 14.5. The first kappa shape index (κ1) is 18.1. The second kappa shape index (κ2) is 7.30. The van der Waals surface area contributed by atoms with Gasteiger partial charge >= 0.3 is 0 Å². The van der Waals surface area contributed by atoms with Crippen molar-refractivity contribution < 1.29 is 14.4 Å². The van der Waals surface area contributed by atoms with Crippen LogP contribution in [0.2, 0.25) is 5.02 Å². The van der Waals surface area contributed by atoms with Crippen molar-refractivity contribution in [1.29, 1.82) is 0 Å². The average Bonchev–Trinajstić information content (AvgIpc) is 2.87. The molecule has 0 fully saturated rings. The Morgan fingerprint density at radius 1 is 1.00 bits per heavy atom. The van der Waals surface area contributed by atoms with Crippen LogP contribution >= 0.6 is 11.6 Å². The number of carbonyl (C=O) groups excluding carboxylic acids is 3. The van der Waals surface area contributed by atoms with Crippen LogP contribution in [-0.4, -0.2) is 28.7 Å². The van der Waals surface area contributed by atoms with E-state index in [-0.39, 0.29) is 18.4 Å². The Kier molecular flexibility index (Phi) is 5.09. The molecule has 2 aromatic rings. The van der Waals surface area contributed by atoms with Crippen LogP contribution in [0.5, 0.6) is 0 Å². The zero-order chi connectivity index (χ0) is 18.8. The van der Waals surface area contributed by atoms with E-state index >= 15 is 0 Å². The number of halogens is 1. The minimum atomic E-state index is -0.884. The predicted molar refractivity (Wildman–Crippen MR) is 98.9 cm³/mol. The van der Waals surface area contributed by atoms with Gasteiger partial charge in [-0.15, -0.1) is 0 Å². The van der Waals surface area contributed by atoms with E-state index in [0.29, 0.717) is 16.1 Å². The largest absolute Gasteiger partial charge is 0.350 e. The van der Waals surface area contributed by atoms with Crippen LogP contribution in [0.15, 0.2) is 48.5 Å². The summed E-state index contributed by atoms with van der Waals surface area (Å²) in [6, 6.07) is 12.9. The standard InChI is InChI=1S/C20H19ClN2O3/c1-12(2)17(18(24)22-11-13-7-3-6-10-16(13)21)23-19(25)14-8-4-5-9-15(14)20(23)26/h3-10,12,17H,11H2,1-2H3,(H,22,24). The average molecular weight is 371 g/mol. The molecule has 0 aromatic heterocycles. The Bertz CT molecular complexity index is 844. The van der Waals surface area contributed by atoms with Gasteiger partial charge in [0, 0.05) is 11.6 Å². The number of nitrogens with zero attached hydrogens (tertiary/aromatic N) is 1. The van der Waals surface area contributed by atoms with E-state index in [1.807, 2.05) is 32.0 Å². The molecule has 134 valence electrons. The van der Waals surface area contributed by atoms with Gasteiger partial charge in [-0.2, -0.15) is 0 Å². The lowest BCUT2D eigenvalue weighted by Gasteiger charge is -2.28. The number of hydrogen-bond acceptors (Lipinski definition) is 3. The van der Waals surface area contributed by atoms with Crippen LogP contribution in [0.4, 0.5) is 0 Å². The summed E-state index contributed by atoms with van der Waals surface area (Å²) in [4.78, 5) is 39.2. The number of amides is 3. The molecule has 1 aliphatic heterocycles. The van der Waals surface area contributed by atoms with E-state index in [1.54, 1.807) is 30.3 Å². The van der Waals surface area contributed by atoms with Gasteiger partial charge in [0.25, 0.3) is 11.8 Å². The summed E-state index contributed by atoms with van der Waals surface area (Å²) < 4.78 is 0. The zero-order valence-corrected chi connectivity index (χ0v) is 15.3. The van der Waals surface area contributed by atoms with E-state index in [0.717, 1.165) is 10.5 Å². The molecule has 2 aromatic carbocycles. The molecule has 3 amide bonds. The van der Waals surface area contributed by atoms with Gasteiger partial charge in [-0.25, -0.2) is 0 Å². The van der Waals surface area contributed by atoms with Gasteiger partial charge in [0.15, 0.2) is 0 Å². The third-order valence-corrected chi connectivity index (χ3v) is 4.78. The fourth-order valence-electron chi connectivity index (χ4n) is 3.11. The summed E-state index contributed by atoms with van der Waals surface area (Å²) in [7, 11) is 0. The first-order valence-corrected chi connectivity index (χ1v) is 8.77. The van der Waals surface area contributed by atoms with E-state index in [4.69, 9.17) is 11.6 Å². The Morgan fingerprint density at radius 3 is 2.08 bits per heavy atom. The van der Waals surface area contributed by atoms with Crippen molar-refractivity contribution in [2.45, 2.75) is 26.4 Å². The van der Waals surface area contributed by atoms with Gasteiger partial charge < -0.3 is 5.32 Å². The molecule has 1 atom stereocenters. The number of fused-ring (bicyclic) bond motifs is 1. The highest BCUT2D eigenvalue weighted by atomic mass is 35.5. The Hall–Kier alpha value is -2.66. The molecular formula is C20H19ClN2O3. The van der Waals surface area contributed by atoms with Crippen LogP contribution in [0.1, 0.15) is 40.1 Å². The maximum atomic E-state index is 12.8. The summed E-state index contributed by atoms with van der Waals surface area (Å²) in [5, 5.41) is 3.35. The molecule has 0 aliphatic carbocycles. The molecule has 6 heteroatoms. The first-order chi connectivity index (χ1) is 12.4. The van der Waals surface area contributed by atoms with Crippen molar-refractivity contribution in [3.63, 3.8) is 0 Å².